The highest BCUT2D eigenvalue weighted by molar-refractivity contribution is 7.18. The van der Waals surface area contributed by atoms with Gasteiger partial charge in [0.15, 0.2) is 0 Å². The molecule has 0 atom stereocenters. The smallest absolute Gasteiger partial charge is 0.142 e. The van der Waals surface area contributed by atoms with E-state index >= 15 is 0 Å². The summed E-state index contributed by atoms with van der Waals surface area (Å²) in [6, 6.07) is 2.06. The summed E-state index contributed by atoms with van der Waals surface area (Å²) >= 11 is 1.67. The Morgan fingerprint density at radius 2 is 2.17 bits per heavy atom. The Morgan fingerprint density at radius 3 is 2.92 bits per heavy atom. The van der Waals surface area contributed by atoms with Gasteiger partial charge < -0.3 is 5.73 Å². The molecule has 0 bridgehead atoms. The summed E-state index contributed by atoms with van der Waals surface area (Å²) in [5, 5.41) is 0. The van der Waals surface area contributed by atoms with Crippen LogP contribution in [0.5, 0.6) is 0 Å². The number of fused-ring (bicyclic) bond motifs is 1. The van der Waals surface area contributed by atoms with Gasteiger partial charge in [-0.15, -0.1) is 11.3 Å². The van der Waals surface area contributed by atoms with E-state index < -0.39 is 0 Å². The van der Waals surface area contributed by atoms with Gasteiger partial charge >= 0.3 is 0 Å². The van der Waals surface area contributed by atoms with Crippen LogP contribution >= 0.6 is 11.3 Å². The summed E-state index contributed by atoms with van der Waals surface area (Å²) in [6.45, 7) is 0.687. The van der Waals surface area contributed by atoms with Crippen LogP contribution in [-0.4, -0.2) is 16.5 Å². The van der Waals surface area contributed by atoms with Crippen molar-refractivity contribution < 1.29 is 0 Å². The third-order valence-corrected chi connectivity index (χ3v) is 2.70. The molecule has 0 saturated carbocycles. The molecule has 4 heteroatoms. The molecule has 12 heavy (non-hydrogen) atoms. The van der Waals surface area contributed by atoms with Crippen molar-refractivity contribution in [1.29, 1.82) is 0 Å². The topological polar surface area (TPSA) is 51.8 Å². The molecule has 0 aliphatic carbocycles. The van der Waals surface area contributed by atoms with E-state index in [2.05, 4.69) is 16.0 Å². The lowest BCUT2D eigenvalue weighted by atomic mass is 10.3. The van der Waals surface area contributed by atoms with E-state index in [0.29, 0.717) is 6.54 Å². The number of rotatable bonds is 2. The summed E-state index contributed by atoms with van der Waals surface area (Å²) < 4.78 is 0. The van der Waals surface area contributed by atoms with Crippen molar-refractivity contribution in [2.24, 2.45) is 5.73 Å². The Balaban J connectivity index is 2.47. The van der Waals surface area contributed by atoms with Crippen LogP contribution < -0.4 is 5.73 Å². The van der Waals surface area contributed by atoms with Gasteiger partial charge in [-0.25, -0.2) is 4.98 Å². The molecule has 3 nitrogen and oxygen atoms in total. The van der Waals surface area contributed by atoms with Crippen LogP contribution in [0, 0.1) is 0 Å². The zero-order valence-corrected chi connectivity index (χ0v) is 7.34. The van der Waals surface area contributed by atoms with Crippen LogP contribution in [-0.2, 0) is 6.42 Å². The molecule has 0 aliphatic heterocycles. The van der Waals surface area contributed by atoms with Crippen LogP contribution in [0.25, 0.3) is 10.3 Å². The second kappa shape index (κ2) is 3.16. The quantitative estimate of drug-likeness (QED) is 0.753. The van der Waals surface area contributed by atoms with E-state index in [1.54, 1.807) is 23.7 Å². The molecule has 2 N–H and O–H groups in total. The maximum absolute atomic E-state index is 5.45. The third-order valence-electron chi connectivity index (χ3n) is 1.61. The summed E-state index contributed by atoms with van der Waals surface area (Å²) in [5.41, 5.74) is 6.43. The van der Waals surface area contributed by atoms with E-state index in [0.717, 1.165) is 16.8 Å². The lowest BCUT2D eigenvalue weighted by Gasteiger charge is -1.86. The molecule has 0 aliphatic rings. The average molecular weight is 179 g/mol. The molecule has 0 amide bonds. The number of hydrogen-bond acceptors (Lipinski definition) is 4. The summed E-state index contributed by atoms with van der Waals surface area (Å²) in [7, 11) is 0. The number of thiophene rings is 1. The Kier molecular flexibility index (Phi) is 2.01. The van der Waals surface area contributed by atoms with E-state index in [4.69, 9.17) is 5.73 Å². The van der Waals surface area contributed by atoms with Crippen molar-refractivity contribution in [2.75, 3.05) is 6.54 Å². The number of aromatic nitrogens is 2. The van der Waals surface area contributed by atoms with Crippen molar-refractivity contribution in [2.45, 2.75) is 6.42 Å². The van der Waals surface area contributed by atoms with Gasteiger partial charge in [-0.05, 0) is 19.0 Å². The van der Waals surface area contributed by atoms with E-state index in [1.165, 1.54) is 4.88 Å². The maximum atomic E-state index is 5.45. The first-order chi connectivity index (χ1) is 5.90. The average Bonchev–Trinajstić information content (AvgIpc) is 2.47. The van der Waals surface area contributed by atoms with E-state index in [-0.39, 0.29) is 0 Å². The van der Waals surface area contributed by atoms with Crippen LogP contribution in [0.15, 0.2) is 18.5 Å². The van der Waals surface area contributed by atoms with Crippen LogP contribution in [0.1, 0.15) is 4.88 Å². The van der Waals surface area contributed by atoms with Crippen molar-refractivity contribution in [3.63, 3.8) is 0 Å². The van der Waals surface area contributed by atoms with Gasteiger partial charge in [-0.3, -0.25) is 4.98 Å². The second-order valence-electron chi connectivity index (χ2n) is 2.50. The first kappa shape index (κ1) is 7.64. The zero-order valence-electron chi connectivity index (χ0n) is 6.53. The Labute approximate surface area is 74.3 Å². The fourth-order valence-electron chi connectivity index (χ4n) is 1.09. The van der Waals surface area contributed by atoms with Gasteiger partial charge in [0.1, 0.15) is 4.83 Å². The molecule has 0 spiro atoms. The predicted octanol–water partition coefficient (Wildman–Crippen LogP) is 1.19. The van der Waals surface area contributed by atoms with Crippen LogP contribution in [0.3, 0.4) is 0 Å². The van der Waals surface area contributed by atoms with Gasteiger partial charge in [-0.2, -0.15) is 0 Å². The maximum Gasteiger partial charge on any atom is 0.142 e. The highest BCUT2D eigenvalue weighted by atomic mass is 32.1. The normalized spacial score (nSPS) is 10.8. The van der Waals surface area contributed by atoms with Gasteiger partial charge in [0.2, 0.25) is 0 Å². The Hall–Kier alpha value is -1.00. The molecular weight excluding hydrogens is 170 g/mol. The molecule has 0 radical (unpaired) electrons. The zero-order chi connectivity index (χ0) is 8.39. The minimum absolute atomic E-state index is 0.687. The number of nitrogens with two attached hydrogens (primary N) is 1. The number of nitrogens with zero attached hydrogens (tertiary/aromatic N) is 2. The van der Waals surface area contributed by atoms with Crippen LogP contribution in [0.2, 0.25) is 0 Å². The molecule has 2 aromatic heterocycles. The lowest BCUT2D eigenvalue weighted by Crippen LogP contribution is -2.00. The fraction of sp³-hybridized carbons (Fsp3) is 0.250. The molecule has 62 valence electrons. The lowest BCUT2D eigenvalue weighted by molar-refractivity contribution is 0.989. The van der Waals surface area contributed by atoms with E-state index in [1.807, 2.05) is 0 Å². The number of hydrogen-bond donors (Lipinski definition) is 1. The second-order valence-corrected chi connectivity index (χ2v) is 3.61. The Bertz CT molecular complexity index is 349. The predicted molar refractivity (Wildman–Crippen MR) is 50.2 cm³/mol. The molecule has 0 unspecified atom stereocenters. The highest BCUT2D eigenvalue weighted by Crippen LogP contribution is 2.21. The minimum atomic E-state index is 0.687. The van der Waals surface area contributed by atoms with Crippen molar-refractivity contribution in [1.82, 2.24) is 9.97 Å². The van der Waals surface area contributed by atoms with Crippen molar-refractivity contribution >= 4 is 21.7 Å². The SMILES string of the molecule is NCCc1cc2nccnc2s1. The van der Waals surface area contributed by atoms with Gasteiger partial charge in [0.25, 0.3) is 0 Å². The first-order valence-corrected chi connectivity index (χ1v) is 4.61. The Morgan fingerprint density at radius 1 is 1.33 bits per heavy atom. The van der Waals surface area contributed by atoms with Crippen LogP contribution in [0.4, 0.5) is 0 Å². The van der Waals surface area contributed by atoms with Crippen molar-refractivity contribution in [3.8, 4) is 0 Å². The summed E-state index contributed by atoms with van der Waals surface area (Å²) in [4.78, 5) is 10.7. The summed E-state index contributed by atoms with van der Waals surface area (Å²) in [6.07, 6.45) is 4.34. The summed E-state index contributed by atoms with van der Waals surface area (Å²) in [5.74, 6) is 0. The molecule has 0 saturated heterocycles. The van der Waals surface area contributed by atoms with Gasteiger partial charge in [0.05, 0.1) is 5.52 Å². The molecule has 0 aromatic carbocycles. The molecule has 0 fully saturated rings. The van der Waals surface area contributed by atoms with Gasteiger partial charge in [0, 0.05) is 17.3 Å². The third kappa shape index (κ3) is 1.31. The largest absolute Gasteiger partial charge is 0.330 e. The van der Waals surface area contributed by atoms with E-state index in [9.17, 15) is 0 Å². The van der Waals surface area contributed by atoms with Crippen molar-refractivity contribution in [3.05, 3.63) is 23.3 Å². The monoisotopic (exact) mass is 179 g/mol. The molecule has 2 heterocycles. The fourth-order valence-corrected chi connectivity index (χ4v) is 2.05. The first-order valence-electron chi connectivity index (χ1n) is 3.79. The minimum Gasteiger partial charge on any atom is -0.330 e. The molecule has 2 rings (SSSR count). The standard InChI is InChI=1S/C8H9N3S/c9-2-1-6-5-7-8(12-6)11-4-3-10-7/h3-5H,1-2,9H2. The van der Waals surface area contributed by atoms with Gasteiger partial charge in [-0.1, -0.05) is 0 Å². The highest BCUT2D eigenvalue weighted by Gasteiger charge is 2.01. The molecular formula is C8H9N3S. The molecule has 2 aromatic rings.